The van der Waals surface area contributed by atoms with E-state index in [-0.39, 0.29) is 24.5 Å². The van der Waals surface area contributed by atoms with Gasteiger partial charge in [0, 0.05) is 32.1 Å². The summed E-state index contributed by atoms with van der Waals surface area (Å²) in [6.07, 6.45) is 3.13. The maximum atomic E-state index is 14.5. The highest BCUT2D eigenvalue weighted by Gasteiger charge is 2.34. The van der Waals surface area contributed by atoms with Crippen LogP contribution in [0.4, 0.5) is 25.0 Å². The van der Waals surface area contributed by atoms with Crippen LogP contribution in [0, 0.1) is 11.6 Å². The third-order valence-electron chi connectivity index (χ3n) is 4.03. The maximum absolute atomic E-state index is 14.5. The molecule has 1 aromatic rings. The van der Waals surface area contributed by atoms with E-state index in [1.54, 1.807) is 4.90 Å². The molecule has 2 aliphatic rings. The lowest BCUT2D eigenvalue weighted by molar-refractivity contribution is -0.143. The molecular formula is C17H18F2N2O4. The highest BCUT2D eigenvalue weighted by molar-refractivity contribution is 5.90. The van der Waals surface area contributed by atoms with E-state index in [1.165, 1.54) is 6.92 Å². The zero-order valence-electron chi connectivity index (χ0n) is 13.7. The Morgan fingerprint density at radius 3 is 2.64 bits per heavy atom. The highest BCUT2D eigenvalue weighted by Crippen LogP contribution is 2.31. The SMILES string of the molecule is CC(=O)OC[C@H]1CN(c2cc(F)c(N3CC=CCC3)c(F)c2)C(=O)O1. The van der Waals surface area contributed by atoms with Gasteiger partial charge in [-0.1, -0.05) is 12.2 Å². The first-order chi connectivity index (χ1) is 12.0. The van der Waals surface area contributed by atoms with E-state index < -0.39 is 29.8 Å². The molecular weight excluding hydrogens is 334 g/mol. The molecule has 1 saturated heterocycles. The van der Waals surface area contributed by atoms with Crippen LogP contribution in [0.25, 0.3) is 0 Å². The first kappa shape index (κ1) is 17.2. The maximum Gasteiger partial charge on any atom is 0.414 e. The van der Waals surface area contributed by atoms with E-state index in [9.17, 15) is 18.4 Å². The van der Waals surface area contributed by atoms with E-state index in [1.807, 2.05) is 12.2 Å². The second-order valence-corrected chi connectivity index (χ2v) is 5.88. The number of amides is 1. The van der Waals surface area contributed by atoms with Gasteiger partial charge in [-0.15, -0.1) is 0 Å². The topological polar surface area (TPSA) is 59.1 Å². The van der Waals surface area contributed by atoms with Crippen molar-refractivity contribution in [3.05, 3.63) is 35.9 Å². The molecule has 8 heteroatoms. The van der Waals surface area contributed by atoms with Crippen LogP contribution in [0.2, 0.25) is 0 Å². The molecule has 0 aromatic heterocycles. The molecule has 25 heavy (non-hydrogen) atoms. The molecule has 6 nitrogen and oxygen atoms in total. The molecule has 2 aliphatic heterocycles. The summed E-state index contributed by atoms with van der Waals surface area (Å²) in [6, 6.07) is 2.23. The number of cyclic esters (lactones) is 1. The van der Waals surface area contributed by atoms with Crippen molar-refractivity contribution in [3.8, 4) is 0 Å². The van der Waals surface area contributed by atoms with Crippen LogP contribution in [-0.4, -0.2) is 44.4 Å². The average Bonchev–Trinajstić information content (AvgIpc) is 2.94. The predicted molar refractivity (Wildman–Crippen MR) is 86.6 cm³/mol. The molecule has 0 unspecified atom stereocenters. The third-order valence-corrected chi connectivity index (χ3v) is 4.03. The molecule has 1 aromatic carbocycles. The smallest absolute Gasteiger partial charge is 0.414 e. The second-order valence-electron chi connectivity index (χ2n) is 5.88. The molecule has 0 saturated carbocycles. The number of halogens is 2. The summed E-state index contributed by atoms with van der Waals surface area (Å²) in [5, 5.41) is 0. The van der Waals surface area contributed by atoms with Crippen LogP contribution >= 0.6 is 0 Å². The number of benzene rings is 1. The van der Waals surface area contributed by atoms with Gasteiger partial charge >= 0.3 is 12.1 Å². The van der Waals surface area contributed by atoms with E-state index in [2.05, 4.69) is 0 Å². The van der Waals surface area contributed by atoms with E-state index in [0.29, 0.717) is 13.1 Å². The van der Waals surface area contributed by atoms with E-state index in [0.717, 1.165) is 23.5 Å². The van der Waals surface area contributed by atoms with Gasteiger partial charge < -0.3 is 14.4 Å². The van der Waals surface area contributed by atoms with Gasteiger partial charge in [0.2, 0.25) is 0 Å². The lowest BCUT2D eigenvalue weighted by Crippen LogP contribution is -2.30. The molecule has 1 atom stereocenters. The number of carbonyl (C=O) groups is 2. The number of rotatable bonds is 4. The molecule has 0 bridgehead atoms. The van der Waals surface area contributed by atoms with Crippen molar-refractivity contribution < 1.29 is 27.8 Å². The summed E-state index contributed by atoms with van der Waals surface area (Å²) in [5.74, 6) is -1.96. The quantitative estimate of drug-likeness (QED) is 0.616. The molecule has 0 aliphatic carbocycles. The monoisotopic (exact) mass is 352 g/mol. The van der Waals surface area contributed by atoms with Crippen LogP contribution in [0.15, 0.2) is 24.3 Å². The summed E-state index contributed by atoms with van der Waals surface area (Å²) in [7, 11) is 0. The third kappa shape index (κ3) is 3.72. The van der Waals surface area contributed by atoms with Gasteiger partial charge in [0.25, 0.3) is 0 Å². The minimum Gasteiger partial charge on any atom is -0.462 e. The summed E-state index contributed by atoms with van der Waals surface area (Å²) in [6.45, 7) is 2.16. The number of hydrogen-bond donors (Lipinski definition) is 0. The second kappa shape index (κ2) is 7.08. The average molecular weight is 352 g/mol. The number of carbonyl (C=O) groups excluding carboxylic acids is 2. The van der Waals surface area contributed by atoms with Gasteiger partial charge in [0.15, 0.2) is 17.7 Å². The molecule has 1 amide bonds. The number of ether oxygens (including phenoxy) is 2. The van der Waals surface area contributed by atoms with Crippen molar-refractivity contribution in [2.75, 3.05) is 36.0 Å². The van der Waals surface area contributed by atoms with Gasteiger partial charge in [0.05, 0.1) is 12.2 Å². The van der Waals surface area contributed by atoms with Crippen molar-refractivity contribution in [1.29, 1.82) is 0 Å². The van der Waals surface area contributed by atoms with Crippen molar-refractivity contribution in [1.82, 2.24) is 0 Å². The Labute approximate surface area is 143 Å². The summed E-state index contributed by atoms with van der Waals surface area (Å²) < 4.78 is 38.8. The zero-order chi connectivity index (χ0) is 18.0. The van der Waals surface area contributed by atoms with Crippen LogP contribution in [0.1, 0.15) is 13.3 Å². The Morgan fingerprint density at radius 1 is 1.32 bits per heavy atom. The van der Waals surface area contributed by atoms with Gasteiger partial charge in [-0.25, -0.2) is 13.6 Å². The summed E-state index contributed by atoms with van der Waals surface area (Å²) >= 11 is 0. The van der Waals surface area contributed by atoms with Gasteiger partial charge in [-0.2, -0.15) is 0 Å². The van der Waals surface area contributed by atoms with Gasteiger partial charge in [-0.05, 0) is 6.42 Å². The van der Waals surface area contributed by atoms with Crippen molar-refractivity contribution in [3.63, 3.8) is 0 Å². The fourth-order valence-corrected chi connectivity index (χ4v) is 2.88. The first-order valence-electron chi connectivity index (χ1n) is 7.96. The minimum atomic E-state index is -0.735. The van der Waals surface area contributed by atoms with Gasteiger partial charge in [-0.3, -0.25) is 9.69 Å². The molecule has 3 rings (SSSR count). The minimum absolute atomic E-state index is 0.0524. The lowest BCUT2D eigenvalue weighted by atomic mass is 10.1. The van der Waals surface area contributed by atoms with Crippen LogP contribution < -0.4 is 9.80 Å². The number of nitrogens with zero attached hydrogens (tertiary/aromatic N) is 2. The van der Waals surface area contributed by atoms with Crippen LogP contribution in [0.3, 0.4) is 0 Å². The largest absolute Gasteiger partial charge is 0.462 e. The van der Waals surface area contributed by atoms with E-state index >= 15 is 0 Å². The summed E-state index contributed by atoms with van der Waals surface area (Å²) in [5.41, 5.74) is -0.0289. The fraction of sp³-hybridized carbons (Fsp3) is 0.412. The van der Waals surface area contributed by atoms with Crippen molar-refractivity contribution in [2.24, 2.45) is 0 Å². The lowest BCUT2D eigenvalue weighted by Gasteiger charge is -2.27. The summed E-state index contributed by atoms with van der Waals surface area (Å²) in [4.78, 5) is 25.5. The van der Waals surface area contributed by atoms with Crippen molar-refractivity contribution >= 4 is 23.4 Å². The Bertz CT molecular complexity index is 700. The molecule has 0 N–H and O–H groups in total. The Balaban J connectivity index is 1.78. The molecule has 0 radical (unpaired) electrons. The zero-order valence-corrected chi connectivity index (χ0v) is 13.7. The van der Waals surface area contributed by atoms with E-state index in [4.69, 9.17) is 9.47 Å². The predicted octanol–water partition coefficient (Wildman–Crippen LogP) is 2.62. The molecule has 1 fully saturated rings. The molecule has 2 heterocycles. The van der Waals surface area contributed by atoms with Gasteiger partial charge in [0.1, 0.15) is 12.3 Å². The first-order valence-corrected chi connectivity index (χ1v) is 7.96. The number of esters is 1. The van der Waals surface area contributed by atoms with Crippen molar-refractivity contribution in [2.45, 2.75) is 19.4 Å². The highest BCUT2D eigenvalue weighted by atomic mass is 19.1. The molecule has 134 valence electrons. The normalized spacial score (nSPS) is 20.0. The Hall–Kier alpha value is -2.64. The Morgan fingerprint density at radius 2 is 2.04 bits per heavy atom. The van der Waals surface area contributed by atoms with Crippen LogP contribution in [0.5, 0.6) is 0 Å². The standard InChI is InChI=1S/C17H18F2N2O4/c1-11(22)24-10-13-9-21(17(23)25-13)12-7-14(18)16(15(19)8-12)20-5-3-2-4-6-20/h2-3,7-8,13H,4-6,9-10H2,1H3/t13-/m1/s1. The number of hydrogen-bond acceptors (Lipinski definition) is 5. The number of anilines is 2. The van der Waals surface area contributed by atoms with Crippen LogP contribution in [-0.2, 0) is 14.3 Å². The fourth-order valence-electron chi connectivity index (χ4n) is 2.88. The Kier molecular flexibility index (Phi) is 4.87. The molecule has 0 spiro atoms.